The Morgan fingerprint density at radius 2 is 2.18 bits per heavy atom. The van der Waals surface area contributed by atoms with E-state index in [0.717, 1.165) is 12.8 Å². The molecule has 1 aliphatic carbocycles. The average Bonchev–Trinajstić information content (AvgIpc) is 2.26. The summed E-state index contributed by atoms with van der Waals surface area (Å²) in [6.45, 7) is 6.87. The van der Waals surface area contributed by atoms with E-state index in [1.165, 1.54) is 17.7 Å². The Morgan fingerprint density at radius 3 is 2.76 bits per heavy atom. The fraction of sp³-hybridized carbons (Fsp3) is 0.571. The predicted octanol–water partition coefficient (Wildman–Crippen LogP) is 3.77. The molecule has 3 heteroatoms. The zero-order valence-corrected chi connectivity index (χ0v) is 11.4. The Hall–Kier alpha value is -1.14. The molecular weight excluding hydrogens is 228 g/mol. The summed E-state index contributed by atoms with van der Waals surface area (Å²) in [5.74, 6) is 0.686. The molecule has 90 valence electrons. The van der Waals surface area contributed by atoms with Crippen LogP contribution in [-0.4, -0.2) is 4.98 Å². The lowest BCUT2D eigenvalue weighted by Crippen LogP contribution is -2.27. The molecule has 0 amide bonds. The van der Waals surface area contributed by atoms with Crippen molar-refractivity contribution in [3.8, 4) is 6.07 Å². The third kappa shape index (κ3) is 2.42. The summed E-state index contributed by atoms with van der Waals surface area (Å²) in [4.78, 5) is 3.21. The molecule has 1 aromatic rings. The molecule has 0 bridgehead atoms. The maximum atomic E-state index is 9.01. The van der Waals surface area contributed by atoms with E-state index in [4.69, 9.17) is 17.5 Å². The first-order valence-corrected chi connectivity index (χ1v) is 6.48. The second kappa shape index (κ2) is 4.27. The fourth-order valence-corrected chi connectivity index (χ4v) is 2.75. The van der Waals surface area contributed by atoms with E-state index in [1.807, 2.05) is 6.07 Å². The molecule has 17 heavy (non-hydrogen) atoms. The second-order valence-electron chi connectivity index (χ2n) is 5.93. The van der Waals surface area contributed by atoms with E-state index in [0.29, 0.717) is 21.5 Å². The van der Waals surface area contributed by atoms with Gasteiger partial charge in [0.2, 0.25) is 0 Å². The van der Waals surface area contributed by atoms with Gasteiger partial charge in [0.05, 0.1) is 5.56 Å². The summed E-state index contributed by atoms with van der Waals surface area (Å²) in [7, 11) is 0. The van der Waals surface area contributed by atoms with Crippen molar-refractivity contribution in [1.29, 1.82) is 5.26 Å². The molecule has 1 heterocycles. The number of nitriles is 1. The highest BCUT2D eigenvalue weighted by molar-refractivity contribution is 7.71. The van der Waals surface area contributed by atoms with Gasteiger partial charge in [-0.2, -0.15) is 5.26 Å². The van der Waals surface area contributed by atoms with Crippen LogP contribution in [0.3, 0.4) is 0 Å². The third-order valence-corrected chi connectivity index (χ3v) is 4.09. The van der Waals surface area contributed by atoms with Gasteiger partial charge in [0.1, 0.15) is 10.7 Å². The van der Waals surface area contributed by atoms with Gasteiger partial charge in [0.25, 0.3) is 0 Å². The standard InChI is InChI=1S/C14H18N2S/c1-14(2,3)11-4-5-12-9(7-11)6-10(8-15)13(17)16-12/h6,11H,4-5,7H2,1-3H3,(H,16,17)/t11-/m1/s1. The van der Waals surface area contributed by atoms with Crippen molar-refractivity contribution in [2.75, 3.05) is 0 Å². The minimum absolute atomic E-state index is 0.330. The molecule has 1 aromatic heterocycles. The van der Waals surface area contributed by atoms with Crippen LogP contribution in [0.1, 0.15) is 44.0 Å². The number of hydrogen-bond acceptors (Lipinski definition) is 2. The van der Waals surface area contributed by atoms with Crippen LogP contribution in [0.4, 0.5) is 0 Å². The quantitative estimate of drug-likeness (QED) is 0.708. The molecule has 2 nitrogen and oxygen atoms in total. The van der Waals surface area contributed by atoms with Crippen LogP contribution < -0.4 is 0 Å². The number of rotatable bonds is 0. The maximum Gasteiger partial charge on any atom is 0.121 e. The Morgan fingerprint density at radius 1 is 1.47 bits per heavy atom. The fourth-order valence-electron chi connectivity index (χ4n) is 2.53. The van der Waals surface area contributed by atoms with Gasteiger partial charge in [-0.3, -0.25) is 0 Å². The third-order valence-electron chi connectivity index (χ3n) is 3.77. The molecule has 0 aromatic carbocycles. The lowest BCUT2D eigenvalue weighted by atomic mass is 9.71. The zero-order valence-electron chi connectivity index (χ0n) is 10.6. The van der Waals surface area contributed by atoms with Crippen molar-refractivity contribution in [1.82, 2.24) is 4.98 Å². The van der Waals surface area contributed by atoms with Gasteiger partial charge in [-0.1, -0.05) is 33.0 Å². The molecule has 1 N–H and O–H groups in total. The zero-order chi connectivity index (χ0) is 12.6. The lowest BCUT2D eigenvalue weighted by molar-refractivity contribution is 0.215. The highest BCUT2D eigenvalue weighted by atomic mass is 32.1. The first kappa shape index (κ1) is 12.3. The molecule has 1 atom stereocenters. The minimum Gasteiger partial charge on any atom is -0.349 e. The molecule has 0 spiro atoms. The Kier molecular flexibility index (Phi) is 3.09. The van der Waals surface area contributed by atoms with Gasteiger partial charge < -0.3 is 4.98 Å². The molecule has 2 rings (SSSR count). The van der Waals surface area contributed by atoms with Crippen LogP contribution >= 0.6 is 12.2 Å². The van der Waals surface area contributed by atoms with E-state index in [-0.39, 0.29) is 0 Å². The maximum absolute atomic E-state index is 9.01. The largest absolute Gasteiger partial charge is 0.349 e. The average molecular weight is 246 g/mol. The first-order valence-electron chi connectivity index (χ1n) is 6.07. The van der Waals surface area contributed by atoms with Crippen molar-refractivity contribution < 1.29 is 0 Å². The van der Waals surface area contributed by atoms with Crippen molar-refractivity contribution in [3.05, 3.63) is 27.5 Å². The number of nitrogens with one attached hydrogen (secondary N) is 1. The van der Waals surface area contributed by atoms with E-state index in [9.17, 15) is 0 Å². The number of H-pyrrole nitrogens is 1. The summed E-state index contributed by atoms with van der Waals surface area (Å²) in [5, 5.41) is 9.01. The Balaban J connectivity index is 2.39. The second-order valence-corrected chi connectivity index (χ2v) is 6.34. The highest BCUT2D eigenvalue weighted by Gasteiger charge is 2.29. The predicted molar refractivity (Wildman–Crippen MR) is 71.3 cm³/mol. The van der Waals surface area contributed by atoms with E-state index >= 15 is 0 Å². The smallest absolute Gasteiger partial charge is 0.121 e. The SMILES string of the molecule is CC(C)(C)[C@@H]1CCc2[nH]c(=S)c(C#N)cc2C1. The molecule has 0 radical (unpaired) electrons. The lowest BCUT2D eigenvalue weighted by Gasteiger charge is -2.34. The number of nitrogens with zero attached hydrogens (tertiary/aromatic N) is 1. The highest BCUT2D eigenvalue weighted by Crippen LogP contribution is 2.36. The van der Waals surface area contributed by atoms with Gasteiger partial charge in [-0.15, -0.1) is 0 Å². The van der Waals surface area contributed by atoms with E-state index in [1.54, 1.807) is 0 Å². The summed E-state index contributed by atoms with van der Waals surface area (Å²) in [6.07, 6.45) is 3.31. The normalized spacial score (nSPS) is 19.5. The van der Waals surface area contributed by atoms with Crippen LogP contribution in [0.2, 0.25) is 0 Å². The topological polar surface area (TPSA) is 39.6 Å². The van der Waals surface area contributed by atoms with Crippen molar-refractivity contribution in [3.63, 3.8) is 0 Å². The van der Waals surface area contributed by atoms with Crippen LogP contribution in [0, 0.1) is 27.3 Å². The summed E-state index contributed by atoms with van der Waals surface area (Å²) < 4.78 is 0.584. The van der Waals surface area contributed by atoms with Crippen LogP contribution in [-0.2, 0) is 12.8 Å². The summed E-state index contributed by atoms with van der Waals surface area (Å²) in [6, 6.07) is 4.14. The number of pyridine rings is 1. The first-order chi connectivity index (χ1) is 7.91. The van der Waals surface area contributed by atoms with Crippen LogP contribution in [0.25, 0.3) is 0 Å². The molecule has 0 saturated carbocycles. The summed E-state index contributed by atoms with van der Waals surface area (Å²) >= 11 is 5.16. The Labute approximate surface area is 108 Å². The van der Waals surface area contributed by atoms with Crippen molar-refractivity contribution in [2.24, 2.45) is 11.3 Å². The van der Waals surface area contributed by atoms with E-state index < -0.39 is 0 Å². The van der Waals surface area contributed by atoms with E-state index in [2.05, 4.69) is 31.8 Å². The molecular formula is C14H18N2S. The molecule has 0 aliphatic heterocycles. The number of hydrogen-bond donors (Lipinski definition) is 1. The minimum atomic E-state index is 0.330. The number of aromatic amines is 1. The van der Waals surface area contributed by atoms with Gasteiger partial charge in [-0.25, -0.2) is 0 Å². The van der Waals surface area contributed by atoms with Crippen LogP contribution in [0.5, 0.6) is 0 Å². The van der Waals surface area contributed by atoms with Gasteiger partial charge in [0.15, 0.2) is 0 Å². The van der Waals surface area contributed by atoms with Gasteiger partial charge >= 0.3 is 0 Å². The number of aryl methyl sites for hydroxylation is 1. The molecule has 0 fully saturated rings. The molecule has 0 saturated heterocycles. The molecule has 1 aliphatic rings. The monoisotopic (exact) mass is 246 g/mol. The van der Waals surface area contributed by atoms with Crippen molar-refractivity contribution >= 4 is 12.2 Å². The molecule has 0 unspecified atom stereocenters. The number of fused-ring (bicyclic) bond motifs is 1. The summed E-state index contributed by atoms with van der Waals surface area (Å²) in [5.41, 5.74) is 3.45. The van der Waals surface area contributed by atoms with Gasteiger partial charge in [0, 0.05) is 5.69 Å². The number of aromatic nitrogens is 1. The van der Waals surface area contributed by atoms with Gasteiger partial charge in [-0.05, 0) is 42.2 Å². The van der Waals surface area contributed by atoms with Crippen molar-refractivity contribution in [2.45, 2.75) is 40.0 Å². The van der Waals surface area contributed by atoms with Crippen LogP contribution in [0.15, 0.2) is 6.07 Å². The Bertz CT molecular complexity index is 529.